The fourth-order valence-corrected chi connectivity index (χ4v) is 1.43. The highest BCUT2D eigenvalue weighted by molar-refractivity contribution is 5.45. The van der Waals surface area contributed by atoms with Gasteiger partial charge in [0.15, 0.2) is 5.69 Å². The smallest absolute Gasteiger partial charge is 0.358 e. The Labute approximate surface area is 109 Å². The topological polar surface area (TPSA) is 64.8 Å². The first-order valence-electron chi connectivity index (χ1n) is 5.52. The first-order valence-corrected chi connectivity index (χ1v) is 5.52. The van der Waals surface area contributed by atoms with Crippen molar-refractivity contribution in [1.82, 2.24) is 9.97 Å². The van der Waals surface area contributed by atoms with Crippen LogP contribution in [0, 0.1) is 17.2 Å². The standard InChI is InChI=1S/C11H14F3N5/c1-7(5-15)6-19(3)9-4-8(11(12,13)14)17-10(16-2)18-9/h4,7H,6H2,1-3H3,(H,16,17,18). The zero-order chi connectivity index (χ0) is 14.6. The predicted molar refractivity (Wildman–Crippen MR) is 64.6 cm³/mol. The number of aromatic nitrogens is 2. The van der Waals surface area contributed by atoms with Crippen LogP contribution >= 0.6 is 0 Å². The van der Waals surface area contributed by atoms with Gasteiger partial charge in [0.05, 0.1) is 12.0 Å². The average Bonchev–Trinajstić information content (AvgIpc) is 2.36. The summed E-state index contributed by atoms with van der Waals surface area (Å²) in [5.41, 5.74) is -1.02. The lowest BCUT2D eigenvalue weighted by Crippen LogP contribution is -2.25. The van der Waals surface area contributed by atoms with Crippen molar-refractivity contribution in [2.75, 3.05) is 30.9 Å². The number of nitrogens with one attached hydrogen (secondary N) is 1. The molecule has 0 amide bonds. The second kappa shape index (κ2) is 5.73. The molecule has 1 rings (SSSR count). The molecule has 0 fully saturated rings. The largest absolute Gasteiger partial charge is 0.433 e. The van der Waals surface area contributed by atoms with Gasteiger partial charge >= 0.3 is 6.18 Å². The molecule has 0 aliphatic carbocycles. The number of alkyl halides is 3. The third kappa shape index (κ3) is 3.98. The highest BCUT2D eigenvalue weighted by Crippen LogP contribution is 2.30. The Morgan fingerprint density at radius 3 is 2.58 bits per heavy atom. The van der Waals surface area contributed by atoms with Gasteiger partial charge in [-0.3, -0.25) is 0 Å². The molecule has 0 bridgehead atoms. The van der Waals surface area contributed by atoms with Crippen LogP contribution in [0.1, 0.15) is 12.6 Å². The highest BCUT2D eigenvalue weighted by Gasteiger charge is 2.34. The van der Waals surface area contributed by atoms with E-state index in [1.165, 1.54) is 11.9 Å². The van der Waals surface area contributed by atoms with E-state index in [-0.39, 0.29) is 24.2 Å². The van der Waals surface area contributed by atoms with Gasteiger partial charge in [0.1, 0.15) is 5.82 Å². The summed E-state index contributed by atoms with van der Waals surface area (Å²) in [5.74, 6) is -0.303. The van der Waals surface area contributed by atoms with Gasteiger partial charge in [-0.2, -0.15) is 23.4 Å². The Morgan fingerprint density at radius 1 is 1.47 bits per heavy atom. The molecule has 104 valence electrons. The second-order valence-corrected chi connectivity index (χ2v) is 4.09. The molecule has 0 aliphatic rings. The third-order valence-corrected chi connectivity index (χ3v) is 2.39. The molecule has 1 unspecified atom stereocenters. The van der Waals surface area contributed by atoms with E-state index in [1.54, 1.807) is 14.0 Å². The molecule has 1 N–H and O–H groups in total. The van der Waals surface area contributed by atoms with E-state index in [1.807, 2.05) is 6.07 Å². The minimum absolute atomic E-state index is 0.110. The van der Waals surface area contributed by atoms with Crippen LogP contribution in [0.4, 0.5) is 24.9 Å². The Bertz CT molecular complexity index is 480. The molecule has 1 aromatic rings. The number of nitriles is 1. The van der Waals surface area contributed by atoms with Crippen LogP contribution in [0.3, 0.4) is 0 Å². The molecule has 19 heavy (non-hydrogen) atoms. The number of nitrogens with zero attached hydrogens (tertiary/aromatic N) is 4. The summed E-state index contributed by atoms with van der Waals surface area (Å²) in [5, 5.41) is 11.2. The molecule has 1 atom stereocenters. The van der Waals surface area contributed by atoms with Crippen LogP contribution in [-0.4, -0.2) is 30.6 Å². The molecule has 8 heteroatoms. The van der Waals surface area contributed by atoms with Gasteiger partial charge in [-0.05, 0) is 6.92 Å². The Kier molecular flexibility index (Phi) is 4.53. The minimum Gasteiger partial charge on any atom is -0.358 e. The Balaban J connectivity index is 3.10. The summed E-state index contributed by atoms with van der Waals surface area (Å²) in [6.07, 6.45) is -4.54. The van der Waals surface area contributed by atoms with Gasteiger partial charge < -0.3 is 10.2 Å². The van der Waals surface area contributed by atoms with E-state index in [4.69, 9.17) is 5.26 Å². The Hall–Kier alpha value is -2.04. The number of hydrogen-bond acceptors (Lipinski definition) is 5. The van der Waals surface area contributed by atoms with Gasteiger partial charge in [-0.15, -0.1) is 0 Å². The maximum atomic E-state index is 12.7. The Morgan fingerprint density at radius 2 is 2.11 bits per heavy atom. The predicted octanol–water partition coefficient (Wildman–Crippen LogP) is 2.13. The normalized spacial score (nSPS) is 12.7. The third-order valence-electron chi connectivity index (χ3n) is 2.39. The van der Waals surface area contributed by atoms with Crippen molar-refractivity contribution in [3.63, 3.8) is 0 Å². The first kappa shape index (κ1) is 15.0. The van der Waals surface area contributed by atoms with Gasteiger partial charge in [0.25, 0.3) is 0 Å². The lowest BCUT2D eigenvalue weighted by molar-refractivity contribution is -0.141. The maximum absolute atomic E-state index is 12.7. The molecule has 1 aromatic heterocycles. The van der Waals surface area contributed by atoms with Gasteiger partial charge in [-0.1, -0.05) is 0 Å². The van der Waals surface area contributed by atoms with Crippen LogP contribution < -0.4 is 10.2 Å². The molecule has 0 aliphatic heterocycles. The van der Waals surface area contributed by atoms with Crippen LogP contribution in [0.2, 0.25) is 0 Å². The maximum Gasteiger partial charge on any atom is 0.433 e. The van der Waals surface area contributed by atoms with Gasteiger partial charge in [0.2, 0.25) is 5.95 Å². The van der Waals surface area contributed by atoms with Crippen LogP contribution in [0.25, 0.3) is 0 Å². The molecular weight excluding hydrogens is 259 g/mol. The molecule has 5 nitrogen and oxygen atoms in total. The van der Waals surface area contributed by atoms with E-state index in [0.29, 0.717) is 0 Å². The van der Waals surface area contributed by atoms with Crippen LogP contribution in [-0.2, 0) is 6.18 Å². The van der Waals surface area contributed by atoms with E-state index in [0.717, 1.165) is 6.07 Å². The fraction of sp³-hybridized carbons (Fsp3) is 0.545. The van der Waals surface area contributed by atoms with E-state index in [2.05, 4.69) is 15.3 Å². The van der Waals surface area contributed by atoms with Crippen molar-refractivity contribution in [3.8, 4) is 6.07 Å². The van der Waals surface area contributed by atoms with Crippen molar-refractivity contribution in [1.29, 1.82) is 5.26 Å². The molecule has 0 saturated carbocycles. The summed E-state index contributed by atoms with van der Waals surface area (Å²) in [4.78, 5) is 8.80. The van der Waals surface area contributed by atoms with E-state index < -0.39 is 11.9 Å². The van der Waals surface area contributed by atoms with Gasteiger partial charge in [0, 0.05) is 26.7 Å². The fourth-order valence-electron chi connectivity index (χ4n) is 1.43. The van der Waals surface area contributed by atoms with Crippen molar-refractivity contribution in [2.45, 2.75) is 13.1 Å². The lowest BCUT2D eigenvalue weighted by Gasteiger charge is -2.20. The van der Waals surface area contributed by atoms with Crippen LogP contribution in [0.15, 0.2) is 6.07 Å². The zero-order valence-corrected chi connectivity index (χ0v) is 10.8. The molecular formula is C11H14F3N5. The van der Waals surface area contributed by atoms with Crippen molar-refractivity contribution in [3.05, 3.63) is 11.8 Å². The summed E-state index contributed by atoms with van der Waals surface area (Å²) >= 11 is 0. The molecule has 0 saturated heterocycles. The summed E-state index contributed by atoms with van der Waals surface area (Å²) in [6.45, 7) is 1.97. The SMILES string of the molecule is CNc1nc(N(C)CC(C)C#N)cc(C(F)(F)F)n1. The van der Waals surface area contributed by atoms with E-state index in [9.17, 15) is 13.2 Å². The van der Waals surface area contributed by atoms with Crippen LogP contribution in [0.5, 0.6) is 0 Å². The van der Waals surface area contributed by atoms with Crippen molar-refractivity contribution in [2.24, 2.45) is 5.92 Å². The average molecular weight is 273 g/mol. The number of halogens is 3. The molecule has 0 aromatic carbocycles. The monoisotopic (exact) mass is 273 g/mol. The zero-order valence-electron chi connectivity index (χ0n) is 10.8. The lowest BCUT2D eigenvalue weighted by atomic mass is 10.2. The van der Waals surface area contributed by atoms with Crippen molar-refractivity contribution >= 4 is 11.8 Å². The summed E-state index contributed by atoms with van der Waals surface area (Å²) in [6, 6.07) is 2.88. The highest BCUT2D eigenvalue weighted by atomic mass is 19.4. The first-order chi connectivity index (χ1) is 8.77. The minimum atomic E-state index is -4.54. The number of rotatable bonds is 4. The number of hydrogen-bond donors (Lipinski definition) is 1. The van der Waals surface area contributed by atoms with E-state index >= 15 is 0 Å². The molecule has 0 spiro atoms. The number of anilines is 2. The quantitative estimate of drug-likeness (QED) is 0.910. The van der Waals surface area contributed by atoms with Gasteiger partial charge in [-0.25, -0.2) is 4.98 Å². The molecule has 1 heterocycles. The summed E-state index contributed by atoms with van der Waals surface area (Å²) < 4.78 is 38.1. The van der Waals surface area contributed by atoms with Crippen molar-refractivity contribution < 1.29 is 13.2 Å². The second-order valence-electron chi connectivity index (χ2n) is 4.09. The molecule has 0 radical (unpaired) electrons. The summed E-state index contributed by atoms with van der Waals surface area (Å²) in [7, 11) is 3.02.